The molecule has 138 valence electrons. The van der Waals surface area contributed by atoms with E-state index in [0.29, 0.717) is 5.92 Å². The Balaban J connectivity index is 1.95. The molecule has 0 bridgehead atoms. The van der Waals surface area contributed by atoms with Gasteiger partial charge in [0.1, 0.15) is 0 Å². The van der Waals surface area contributed by atoms with E-state index in [1.807, 2.05) is 48.5 Å². The van der Waals surface area contributed by atoms with Gasteiger partial charge in [-0.3, -0.25) is 9.59 Å². The fraction of sp³-hybridized carbons (Fsp3) is 0.333. The SMILES string of the molecule is CC[C@H](C)c1ccccc1NC(=O)[C@H](C)OC(=O)Cc1ccc(Br)cc1. The number of ether oxygens (including phenoxy) is 1. The van der Waals surface area contributed by atoms with Gasteiger partial charge >= 0.3 is 5.97 Å². The van der Waals surface area contributed by atoms with E-state index in [2.05, 4.69) is 35.1 Å². The molecule has 0 aliphatic heterocycles. The third-order valence-electron chi connectivity index (χ3n) is 4.30. The minimum absolute atomic E-state index is 0.133. The van der Waals surface area contributed by atoms with Crippen LogP contribution in [-0.4, -0.2) is 18.0 Å². The summed E-state index contributed by atoms with van der Waals surface area (Å²) in [6, 6.07) is 15.1. The van der Waals surface area contributed by atoms with E-state index in [4.69, 9.17) is 4.74 Å². The second-order valence-electron chi connectivity index (χ2n) is 6.32. The first-order chi connectivity index (χ1) is 12.4. The maximum absolute atomic E-state index is 12.4. The van der Waals surface area contributed by atoms with Crippen LogP contribution in [0, 0.1) is 0 Å². The van der Waals surface area contributed by atoms with Gasteiger partial charge in [-0.1, -0.05) is 60.1 Å². The summed E-state index contributed by atoms with van der Waals surface area (Å²) in [5, 5.41) is 2.88. The fourth-order valence-corrected chi connectivity index (χ4v) is 2.82. The molecule has 1 N–H and O–H groups in total. The zero-order valence-electron chi connectivity index (χ0n) is 15.3. The first-order valence-corrected chi connectivity index (χ1v) is 9.53. The number of nitrogens with one attached hydrogen (secondary N) is 1. The van der Waals surface area contributed by atoms with E-state index >= 15 is 0 Å². The van der Waals surface area contributed by atoms with Crippen LogP contribution < -0.4 is 5.32 Å². The number of hydrogen-bond acceptors (Lipinski definition) is 3. The Kier molecular flexibility index (Phi) is 7.39. The van der Waals surface area contributed by atoms with E-state index in [9.17, 15) is 9.59 Å². The highest BCUT2D eigenvalue weighted by Gasteiger charge is 2.20. The number of carbonyl (C=O) groups is 2. The van der Waals surface area contributed by atoms with Gasteiger partial charge in [0.15, 0.2) is 6.10 Å². The fourth-order valence-electron chi connectivity index (χ4n) is 2.56. The molecule has 2 aromatic rings. The third kappa shape index (κ3) is 5.70. The van der Waals surface area contributed by atoms with Crippen molar-refractivity contribution in [3.63, 3.8) is 0 Å². The Hall–Kier alpha value is -2.14. The maximum atomic E-state index is 12.4. The number of carbonyl (C=O) groups excluding carboxylic acids is 2. The van der Waals surface area contributed by atoms with Gasteiger partial charge in [0.25, 0.3) is 5.91 Å². The molecule has 4 nitrogen and oxygen atoms in total. The molecule has 0 aliphatic carbocycles. The van der Waals surface area contributed by atoms with E-state index in [1.165, 1.54) is 0 Å². The van der Waals surface area contributed by atoms with Gasteiger partial charge in [0.2, 0.25) is 0 Å². The summed E-state index contributed by atoms with van der Waals surface area (Å²) in [5.74, 6) is -0.420. The number of hydrogen-bond donors (Lipinski definition) is 1. The van der Waals surface area contributed by atoms with Gasteiger partial charge in [-0.25, -0.2) is 0 Å². The molecule has 0 radical (unpaired) electrons. The summed E-state index contributed by atoms with van der Waals surface area (Å²) in [5.41, 5.74) is 2.69. The molecule has 26 heavy (non-hydrogen) atoms. The van der Waals surface area contributed by atoms with Crippen molar-refractivity contribution >= 4 is 33.5 Å². The van der Waals surface area contributed by atoms with Gasteiger partial charge < -0.3 is 10.1 Å². The highest BCUT2D eigenvalue weighted by molar-refractivity contribution is 9.10. The van der Waals surface area contributed by atoms with Crippen molar-refractivity contribution < 1.29 is 14.3 Å². The lowest BCUT2D eigenvalue weighted by Gasteiger charge is -2.18. The van der Waals surface area contributed by atoms with Crippen molar-refractivity contribution in [2.75, 3.05) is 5.32 Å². The minimum atomic E-state index is -0.858. The van der Waals surface area contributed by atoms with Crippen LogP contribution in [0.15, 0.2) is 53.0 Å². The summed E-state index contributed by atoms with van der Waals surface area (Å²) in [6.07, 6.45) is 0.252. The molecular weight excluding hydrogens is 394 g/mol. The molecule has 0 aromatic heterocycles. The predicted molar refractivity (Wildman–Crippen MR) is 107 cm³/mol. The van der Waals surface area contributed by atoms with E-state index in [0.717, 1.165) is 27.7 Å². The lowest BCUT2D eigenvalue weighted by molar-refractivity contribution is -0.152. The first-order valence-electron chi connectivity index (χ1n) is 8.74. The molecule has 1 amide bonds. The normalized spacial score (nSPS) is 12.9. The standard InChI is InChI=1S/C21H24BrNO3/c1-4-14(2)18-7-5-6-8-19(18)23-21(25)15(3)26-20(24)13-16-9-11-17(22)12-10-16/h5-12,14-15H,4,13H2,1-3H3,(H,23,25)/t14-,15-/m0/s1. The maximum Gasteiger partial charge on any atom is 0.311 e. The van der Waals surface area contributed by atoms with Crippen molar-refractivity contribution in [2.45, 2.75) is 45.6 Å². The van der Waals surface area contributed by atoms with Crippen LogP contribution in [0.5, 0.6) is 0 Å². The van der Waals surface area contributed by atoms with E-state index in [1.54, 1.807) is 6.92 Å². The molecule has 2 aromatic carbocycles. The number of rotatable bonds is 7. The molecule has 0 fully saturated rings. The van der Waals surface area contributed by atoms with Gasteiger partial charge in [-0.15, -0.1) is 0 Å². The molecule has 0 saturated carbocycles. The summed E-state index contributed by atoms with van der Waals surface area (Å²) in [4.78, 5) is 24.5. The van der Waals surface area contributed by atoms with Crippen LogP contribution in [-0.2, 0) is 20.7 Å². The number of benzene rings is 2. The summed E-state index contributed by atoms with van der Waals surface area (Å²) in [6.45, 7) is 5.81. The largest absolute Gasteiger partial charge is 0.452 e. The Morgan fingerprint density at radius 2 is 1.73 bits per heavy atom. The van der Waals surface area contributed by atoms with Gasteiger partial charge in [-0.2, -0.15) is 0 Å². The smallest absolute Gasteiger partial charge is 0.311 e. The molecule has 2 atom stereocenters. The van der Waals surface area contributed by atoms with Crippen molar-refractivity contribution in [2.24, 2.45) is 0 Å². The molecule has 0 spiro atoms. The zero-order valence-corrected chi connectivity index (χ0v) is 16.9. The summed E-state index contributed by atoms with van der Waals surface area (Å²) in [7, 11) is 0. The third-order valence-corrected chi connectivity index (χ3v) is 4.83. The highest BCUT2D eigenvalue weighted by Crippen LogP contribution is 2.26. The van der Waals surface area contributed by atoms with Crippen LogP contribution in [0.1, 0.15) is 44.2 Å². The van der Waals surface area contributed by atoms with Crippen LogP contribution in [0.4, 0.5) is 5.69 Å². The Morgan fingerprint density at radius 1 is 1.08 bits per heavy atom. The number of anilines is 1. The van der Waals surface area contributed by atoms with Crippen molar-refractivity contribution in [1.82, 2.24) is 0 Å². The zero-order chi connectivity index (χ0) is 19.1. The molecule has 0 saturated heterocycles. The van der Waals surface area contributed by atoms with E-state index < -0.39 is 12.1 Å². The molecule has 0 unspecified atom stereocenters. The van der Waals surface area contributed by atoms with Gasteiger partial charge in [0.05, 0.1) is 6.42 Å². The van der Waals surface area contributed by atoms with Crippen molar-refractivity contribution in [3.05, 3.63) is 64.1 Å². The Morgan fingerprint density at radius 3 is 2.38 bits per heavy atom. The molecule has 0 aliphatic rings. The number of esters is 1. The predicted octanol–water partition coefficient (Wildman–Crippen LogP) is 5.08. The first kappa shape index (κ1) is 20.2. The molecule has 0 heterocycles. The van der Waals surface area contributed by atoms with Crippen LogP contribution in [0.2, 0.25) is 0 Å². The van der Waals surface area contributed by atoms with Crippen LogP contribution in [0.3, 0.4) is 0 Å². The van der Waals surface area contributed by atoms with E-state index in [-0.39, 0.29) is 12.3 Å². The average molecular weight is 418 g/mol. The van der Waals surface area contributed by atoms with Crippen LogP contribution >= 0.6 is 15.9 Å². The highest BCUT2D eigenvalue weighted by atomic mass is 79.9. The summed E-state index contributed by atoms with van der Waals surface area (Å²) < 4.78 is 6.23. The lowest BCUT2D eigenvalue weighted by atomic mass is 9.97. The molecule has 2 rings (SSSR count). The lowest BCUT2D eigenvalue weighted by Crippen LogP contribution is -2.30. The van der Waals surface area contributed by atoms with Gasteiger partial charge in [0, 0.05) is 10.2 Å². The van der Waals surface area contributed by atoms with Gasteiger partial charge in [-0.05, 0) is 48.6 Å². The van der Waals surface area contributed by atoms with Crippen LogP contribution in [0.25, 0.3) is 0 Å². The number of para-hydroxylation sites is 1. The Bertz CT molecular complexity index is 758. The second-order valence-corrected chi connectivity index (χ2v) is 7.24. The topological polar surface area (TPSA) is 55.4 Å². The number of amides is 1. The molecule has 5 heteroatoms. The minimum Gasteiger partial charge on any atom is -0.452 e. The quantitative estimate of drug-likeness (QED) is 0.639. The number of halogens is 1. The van der Waals surface area contributed by atoms with Crippen molar-refractivity contribution in [1.29, 1.82) is 0 Å². The molecular formula is C21H24BrNO3. The Labute approximate surface area is 163 Å². The monoisotopic (exact) mass is 417 g/mol. The summed E-state index contributed by atoms with van der Waals surface area (Å²) >= 11 is 3.35. The second kappa shape index (κ2) is 9.53. The average Bonchev–Trinajstić information content (AvgIpc) is 2.63. The van der Waals surface area contributed by atoms with Crippen molar-refractivity contribution in [3.8, 4) is 0 Å².